The van der Waals surface area contributed by atoms with Crippen LogP contribution in [0, 0.1) is 19.3 Å². The summed E-state index contributed by atoms with van der Waals surface area (Å²) < 4.78 is 0. The lowest BCUT2D eigenvalue weighted by Crippen LogP contribution is -2.47. The first-order valence-electron chi connectivity index (χ1n) is 7.74. The molecule has 0 aliphatic carbocycles. The molecule has 2 amide bonds. The summed E-state index contributed by atoms with van der Waals surface area (Å²) in [5.41, 5.74) is 7.95. The molecule has 1 aromatic rings. The number of hydrogen-bond donors (Lipinski definition) is 3. The molecule has 4 N–H and O–H groups in total. The van der Waals surface area contributed by atoms with Gasteiger partial charge in [0.1, 0.15) is 0 Å². The Bertz CT molecular complexity index is 508. The van der Waals surface area contributed by atoms with Gasteiger partial charge in [0, 0.05) is 12.2 Å². The zero-order valence-corrected chi connectivity index (χ0v) is 14.0. The molecule has 0 heterocycles. The van der Waals surface area contributed by atoms with Gasteiger partial charge in [-0.05, 0) is 37.8 Å². The number of nitrogens with two attached hydrogens (primary N) is 1. The first-order chi connectivity index (χ1) is 10.4. The number of para-hydroxylation sites is 1. The average Bonchev–Trinajstić information content (AvgIpc) is 2.51. The van der Waals surface area contributed by atoms with Gasteiger partial charge in [0.05, 0.1) is 12.0 Å². The summed E-state index contributed by atoms with van der Waals surface area (Å²) in [5, 5.41) is 5.56. The van der Waals surface area contributed by atoms with Crippen LogP contribution in [0.25, 0.3) is 0 Å². The van der Waals surface area contributed by atoms with Crippen LogP contribution >= 0.6 is 0 Å². The second kappa shape index (κ2) is 7.94. The van der Waals surface area contributed by atoms with Gasteiger partial charge in [-0.2, -0.15) is 0 Å². The molecule has 1 rings (SSSR count). The van der Waals surface area contributed by atoms with Crippen LogP contribution in [-0.2, 0) is 9.59 Å². The number of benzene rings is 1. The molecular formula is C17H27N3O2. The Morgan fingerprint density at radius 3 is 2.14 bits per heavy atom. The molecule has 5 nitrogen and oxygen atoms in total. The van der Waals surface area contributed by atoms with E-state index in [1.54, 1.807) is 0 Å². The van der Waals surface area contributed by atoms with Gasteiger partial charge in [0.15, 0.2) is 0 Å². The molecule has 0 radical (unpaired) electrons. The van der Waals surface area contributed by atoms with E-state index < -0.39 is 5.41 Å². The third kappa shape index (κ3) is 4.07. The molecule has 0 aromatic heterocycles. The fourth-order valence-corrected chi connectivity index (χ4v) is 2.50. The van der Waals surface area contributed by atoms with Gasteiger partial charge in [0.25, 0.3) is 0 Å². The average molecular weight is 305 g/mol. The first-order valence-corrected chi connectivity index (χ1v) is 7.74. The lowest BCUT2D eigenvalue weighted by Gasteiger charge is -2.28. The number of aryl methyl sites for hydroxylation is 2. The van der Waals surface area contributed by atoms with Gasteiger partial charge < -0.3 is 16.4 Å². The molecule has 22 heavy (non-hydrogen) atoms. The Morgan fingerprint density at radius 2 is 1.68 bits per heavy atom. The fourth-order valence-electron chi connectivity index (χ4n) is 2.50. The molecule has 0 spiro atoms. The molecule has 0 bridgehead atoms. The maximum atomic E-state index is 12.3. The third-order valence-corrected chi connectivity index (χ3v) is 4.38. The Labute approximate surface area is 132 Å². The molecule has 0 aliphatic heterocycles. The summed E-state index contributed by atoms with van der Waals surface area (Å²) in [7, 11) is 0. The number of hydrogen-bond acceptors (Lipinski definition) is 3. The second-order valence-corrected chi connectivity index (χ2v) is 5.69. The lowest BCUT2D eigenvalue weighted by atomic mass is 9.81. The number of anilines is 1. The number of carbonyl (C=O) groups is 2. The van der Waals surface area contributed by atoms with Crippen molar-refractivity contribution < 1.29 is 9.59 Å². The molecule has 1 aromatic carbocycles. The smallest absolute Gasteiger partial charge is 0.243 e. The Balaban J connectivity index is 2.65. The predicted molar refractivity (Wildman–Crippen MR) is 89.6 cm³/mol. The summed E-state index contributed by atoms with van der Waals surface area (Å²) >= 11 is 0. The van der Waals surface area contributed by atoms with Crippen molar-refractivity contribution in [2.24, 2.45) is 11.1 Å². The van der Waals surface area contributed by atoms with Crippen LogP contribution in [0.15, 0.2) is 18.2 Å². The molecule has 0 saturated carbocycles. The van der Waals surface area contributed by atoms with Crippen LogP contribution in [0.3, 0.4) is 0 Å². The van der Waals surface area contributed by atoms with Crippen LogP contribution < -0.4 is 16.4 Å². The van der Waals surface area contributed by atoms with Gasteiger partial charge >= 0.3 is 0 Å². The summed E-state index contributed by atoms with van der Waals surface area (Å²) in [6.45, 7) is 7.99. The fraction of sp³-hybridized carbons (Fsp3) is 0.529. The van der Waals surface area contributed by atoms with E-state index in [-0.39, 0.29) is 24.9 Å². The number of rotatable bonds is 7. The molecule has 0 unspecified atom stereocenters. The van der Waals surface area contributed by atoms with E-state index >= 15 is 0 Å². The van der Waals surface area contributed by atoms with Gasteiger partial charge in [-0.3, -0.25) is 9.59 Å². The molecule has 0 fully saturated rings. The lowest BCUT2D eigenvalue weighted by molar-refractivity contribution is -0.132. The number of carbonyl (C=O) groups excluding carboxylic acids is 2. The molecular weight excluding hydrogens is 278 g/mol. The highest BCUT2D eigenvalue weighted by Crippen LogP contribution is 2.25. The maximum absolute atomic E-state index is 12.3. The molecule has 0 atom stereocenters. The van der Waals surface area contributed by atoms with Crippen LogP contribution in [-0.4, -0.2) is 24.9 Å². The predicted octanol–water partition coefficient (Wildman–Crippen LogP) is 2.12. The topological polar surface area (TPSA) is 84.2 Å². The molecule has 122 valence electrons. The number of nitrogens with one attached hydrogen (secondary N) is 2. The third-order valence-electron chi connectivity index (χ3n) is 4.38. The number of amides is 2. The monoisotopic (exact) mass is 305 g/mol. The van der Waals surface area contributed by atoms with Gasteiger partial charge in [-0.25, -0.2) is 0 Å². The van der Waals surface area contributed by atoms with E-state index in [0.717, 1.165) is 16.8 Å². The normalized spacial score (nSPS) is 11.1. The minimum atomic E-state index is -0.584. The van der Waals surface area contributed by atoms with E-state index in [4.69, 9.17) is 5.73 Å². The zero-order valence-electron chi connectivity index (χ0n) is 14.0. The van der Waals surface area contributed by atoms with Crippen LogP contribution in [0.4, 0.5) is 5.69 Å². The van der Waals surface area contributed by atoms with Crippen molar-refractivity contribution in [1.82, 2.24) is 5.32 Å². The SMILES string of the molecule is CCC(CC)(CN)C(=O)NCC(=O)Nc1c(C)cccc1C. The highest BCUT2D eigenvalue weighted by molar-refractivity contribution is 5.96. The second-order valence-electron chi connectivity index (χ2n) is 5.69. The van der Waals surface area contributed by atoms with E-state index in [1.807, 2.05) is 45.9 Å². The van der Waals surface area contributed by atoms with Crippen molar-refractivity contribution in [1.29, 1.82) is 0 Å². The highest BCUT2D eigenvalue weighted by Gasteiger charge is 2.33. The summed E-state index contributed by atoms with van der Waals surface area (Å²) in [4.78, 5) is 24.3. The highest BCUT2D eigenvalue weighted by atomic mass is 16.2. The molecule has 0 aliphatic rings. The van der Waals surface area contributed by atoms with Crippen molar-refractivity contribution in [3.05, 3.63) is 29.3 Å². The molecule has 0 saturated heterocycles. The summed E-state index contributed by atoms with van der Waals surface area (Å²) in [5.74, 6) is -0.388. The van der Waals surface area contributed by atoms with Crippen LogP contribution in [0.1, 0.15) is 37.8 Å². The quantitative estimate of drug-likeness (QED) is 0.721. The van der Waals surface area contributed by atoms with Crippen molar-refractivity contribution >= 4 is 17.5 Å². The van der Waals surface area contributed by atoms with Crippen molar-refractivity contribution in [2.75, 3.05) is 18.4 Å². The van der Waals surface area contributed by atoms with Gasteiger partial charge in [-0.1, -0.05) is 32.0 Å². The zero-order chi connectivity index (χ0) is 16.8. The largest absolute Gasteiger partial charge is 0.347 e. The Morgan fingerprint density at radius 1 is 1.14 bits per heavy atom. The van der Waals surface area contributed by atoms with E-state index in [1.165, 1.54) is 0 Å². The van der Waals surface area contributed by atoms with Crippen molar-refractivity contribution in [2.45, 2.75) is 40.5 Å². The van der Waals surface area contributed by atoms with E-state index in [2.05, 4.69) is 10.6 Å². The van der Waals surface area contributed by atoms with Crippen molar-refractivity contribution in [3.63, 3.8) is 0 Å². The summed E-state index contributed by atoms with van der Waals surface area (Å²) in [6.07, 6.45) is 1.31. The molecule has 5 heteroatoms. The van der Waals surface area contributed by atoms with Crippen LogP contribution in [0.5, 0.6) is 0 Å². The standard InChI is InChI=1S/C17H27N3O2/c1-5-17(6-2,11-18)16(22)19-10-14(21)20-15-12(3)8-7-9-13(15)4/h7-9H,5-6,10-11,18H2,1-4H3,(H,19,22)(H,20,21). The van der Waals surface area contributed by atoms with Gasteiger partial charge in [0.2, 0.25) is 11.8 Å². The van der Waals surface area contributed by atoms with E-state index in [9.17, 15) is 9.59 Å². The summed E-state index contributed by atoms with van der Waals surface area (Å²) in [6, 6.07) is 5.82. The maximum Gasteiger partial charge on any atom is 0.243 e. The van der Waals surface area contributed by atoms with Gasteiger partial charge in [-0.15, -0.1) is 0 Å². The van der Waals surface area contributed by atoms with Crippen LogP contribution in [0.2, 0.25) is 0 Å². The Hall–Kier alpha value is -1.88. The Kier molecular flexibility index (Phi) is 6.56. The first kappa shape index (κ1) is 18.2. The van der Waals surface area contributed by atoms with Crippen molar-refractivity contribution in [3.8, 4) is 0 Å². The van der Waals surface area contributed by atoms with E-state index in [0.29, 0.717) is 12.8 Å². The minimum absolute atomic E-state index is 0.0473. The minimum Gasteiger partial charge on any atom is -0.347 e.